The van der Waals surface area contributed by atoms with E-state index < -0.39 is 74.2 Å². The van der Waals surface area contributed by atoms with Gasteiger partial charge < -0.3 is 50.5 Å². The lowest BCUT2D eigenvalue weighted by atomic mass is 9.98. The summed E-state index contributed by atoms with van der Waals surface area (Å²) in [5.74, 6) is -0.708. The number of unbranched alkanes of at least 4 members (excludes halogenated alkanes) is 33. The fourth-order valence-electron chi connectivity index (χ4n) is 9.53. The highest BCUT2D eigenvalue weighted by molar-refractivity contribution is 5.80. The van der Waals surface area contributed by atoms with Crippen LogP contribution in [0.4, 0.5) is 0 Å². The number of nitrogens with one attached hydrogen (secondary N) is 1. The smallest absolute Gasteiger partial charge is 0.249 e. The molecule has 1 aliphatic heterocycles. The zero-order valence-corrected chi connectivity index (χ0v) is 45.7. The lowest BCUT2D eigenvalue weighted by molar-refractivity contribution is -0.303. The van der Waals surface area contributed by atoms with Crippen LogP contribution in [0.1, 0.15) is 271 Å². The van der Waals surface area contributed by atoms with E-state index >= 15 is 0 Å². The predicted octanol–water partition coefficient (Wildman–Crippen LogP) is 12.7. The van der Waals surface area contributed by atoms with Gasteiger partial charge in [0.05, 0.1) is 25.4 Å². The van der Waals surface area contributed by atoms with Crippen LogP contribution in [0.15, 0.2) is 36.5 Å². The minimum atomic E-state index is -1.67. The van der Waals surface area contributed by atoms with E-state index in [1.165, 1.54) is 180 Å². The molecular formula is C60H113NO10. The summed E-state index contributed by atoms with van der Waals surface area (Å²) in [5.41, 5.74) is 0. The van der Waals surface area contributed by atoms with Gasteiger partial charge in [0.1, 0.15) is 36.6 Å². The average molecular weight is 1010 g/mol. The van der Waals surface area contributed by atoms with Gasteiger partial charge in [-0.1, -0.05) is 243 Å². The van der Waals surface area contributed by atoms with Gasteiger partial charge in [-0.3, -0.25) is 4.79 Å². The Morgan fingerprint density at radius 3 is 1.25 bits per heavy atom. The molecule has 11 nitrogen and oxygen atoms in total. The number of hydrogen-bond donors (Lipinski definition) is 8. The second kappa shape index (κ2) is 49.2. The van der Waals surface area contributed by atoms with Crippen LogP contribution in [0.3, 0.4) is 0 Å². The van der Waals surface area contributed by atoms with Crippen molar-refractivity contribution < 1.29 is 50.0 Å². The van der Waals surface area contributed by atoms with Crippen molar-refractivity contribution in [1.29, 1.82) is 0 Å². The third-order valence-electron chi connectivity index (χ3n) is 14.4. The third kappa shape index (κ3) is 37.7. The standard InChI is InChI=1S/C60H113NO10/c1-3-5-7-9-11-13-15-17-19-21-23-25-26-27-28-30-32-34-36-38-40-42-44-46-48-53(64)59(69)61-51(50-70-60-58(68)57(67)56(66)54(49-62)71-60)55(65)52(63)47-45-43-41-39-37-35-33-31-29-24-22-20-18-16-14-12-10-8-6-4-2/h20,22,31,33,39,41,51-58,60,62-68H,3-19,21,23-30,32,34-38,40,42-50H2,1-2H3,(H,61,69)/b22-20+,33-31+,41-39+. The molecule has 71 heavy (non-hydrogen) atoms. The molecule has 1 fully saturated rings. The first-order valence-electron chi connectivity index (χ1n) is 29.9. The van der Waals surface area contributed by atoms with Gasteiger partial charge in [0.25, 0.3) is 0 Å². The number of amides is 1. The summed E-state index contributed by atoms with van der Waals surface area (Å²) >= 11 is 0. The van der Waals surface area contributed by atoms with E-state index in [4.69, 9.17) is 9.47 Å². The minimum absolute atomic E-state index is 0.242. The fraction of sp³-hybridized carbons (Fsp3) is 0.883. The van der Waals surface area contributed by atoms with Crippen molar-refractivity contribution in [2.45, 2.75) is 326 Å². The summed E-state index contributed by atoms with van der Waals surface area (Å²) in [7, 11) is 0. The Labute approximate surface area is 435 Å². The fourth-order valence-corrected chi connectivity index (χ4v) is 9.53. The SMILES string of the molecule is CCCCCCCCC/C=C/CC/C=C/CC/C=C/CCCC(O)C(O)C(COC1OC(CO)C(O)C(O)C1O)NC(=O)C(O)CCCCCCCCCCCCCCCCCCCCCCCCCC. The summed E-state index contributed by atoms with van der Waals surface area (Å²) in [6.45, 7) is 3.46. The van der Waals surface area contributed by atoms with Crippen molar-refractivity contribution in [2.75, 3.05) is 13.2 Å². The highest BCUT2D eigenvalue weighted by Crippen LogP contribution is 2.23. The number of rotatable bonds is 51. The number of aliphatic hydroxyl groups excluding tert-OH is 7. The van der Waals surface area contributed by atoms with Crippen LogP contribution in [0, 0.1) is 0 Å². The first-order chi connectivity index (χ1) is 34.7. The third-order valence-corrected chi connectivity index (χ3v) is 14.4. The van der Waals surface area contributed by atoms with E-state index in [-0.39, 0.29) is 12.8 Å². The molecular weight excluding hydrogens is 895 g/mol. The van der Waals surface area contributed by atoms with Crippen LogP contribution in [-0.4, -0.2) is 110 Å². The van der Waals surface area contributed by atoms with Crippen LogP contribution < -0.4 is 5.32 Å². The highest BCUT2D eigenvalue weighted by Gasteiger charge is 2.44. The summed E-state index contributed by atoms with van der Waals surface area (Å²) in [4.78, 5) is 13.2. The molecule has 9 atom stereocenters. The molecule has 0 bridgehead atoms. The molecule has 11 heteroatoms. The van der Waals surface area contributed by atoms with E-state index in [2.05, 4.69) is 55.6 Å². The maximum Gasteiger partial charge on any atom is 0.249 e. The highest BCUT2D eigenvalue weighted by atomic mass is 16.7. The number of carbonyl (C=O) groups excluding carboxylic acids is 1. The zero-order valence-electron chi connectivity index (χ0n) is 45.7. The van der Waals surface area contributed by atoms with Gasteiger partial charge in [-0.15, -0.1) is 0 Å². The largest absolute Gasteiger partial charge is 0.394 e. The minimum Gasteiger partial charge on any atom is -0.394 e. The summed E-state index contributed by atoms with van der Waals surface area (Å²) in [5, 5.41) is 76.1. The lowest BCUT2D eigenvalue weighted by Gasteiger charge is -2.40. The Morgan fingerprint density at radius 1 is 0.479 bits per heavy atom. The Balaban J connectivity index is 2.32. The summed E-state index contributed by atoms with van der Waals surface area (Å²) in [6, 6.07) is -1.19. The van der Waals surface area contributed by atoms with Crippen molar-refractivity contribution >= 4 is 5.91 Å². The summed E-state index contributed by atoms with van der Waals surface area (Å²) in [6.07, 6.45) is 49.1. The molecule has 418 valence electrons. The lowest BCUT2D eigenvalue weighted by Crippen LogP contribution is -2.60. The second-order valence-electron chi connectivity index (χ2n) is 21.0. The van der Waals surface area contributed by atoms with Crippen molar-refractivity contribution in [3.63, 3.8) is 0 Å². The van der Waals surface area contributed by atoms with Gasteiger partial charge in [-0.25, -0.2) is 0 Å². The zero-order chi connectivity index (χ0) is 51.8. The molecule has 0 aromatic carbocycles. The van der Waals surface area contributed by atoms with Crippen molar-refractivity contribution in [2.24, 2.45) is 0 Å². The van der Waals surface area contributed by atoms with E-state index in [1.54, 1.807) is 0 Å². The number of allylic oxidation sites excluding steroid dienone is 6. The molecule has 0 saturated carbocycles. The predicted molar refractivity (Wildman–Crippen MR) is 293 cm³/mol. The molecule has 1 amide bonds. The number of aliphatic hydroxyl groups is 7. The van der Waals surface area contributed by atoms with Gasteiger partial charge >= 0.3 is 0 Å². The Morgan fingerprint density at radius 2 is 0.845 bits per heavy atom. The Bertz CT molecular complexity index is 1250. The molecule has 0 spiro atoms. The number of hydrogen-bond acceptors (Lipinski definition) is 10. The molecule has 0 aromatic heterocycles. The summed E-state index contributed by atoms with van der Waals surface area (Å²) < 4.78 is 11.1. The van der Waals surface area contributed by atoms with Crippen molar-refractivity contribution in [1.82, 2.24) is 5.32 Å². The monoisotopic (exact) mass is 1010 g/mol. The maximum atomic E-state index is 13.2. The average Bonchev–Trinajstić information content (AvgIpc) is 3.37. The number of carbonyl (C=O) groups is 1. The molecule has 8 N–H and O–H groups in total. The van der Waals surface area contributed by atoms with Crippen molar-refractivity contribution in [3.05, 3.63) is 36.5 Å². The molecule has 1 rings (SSSR count). The Kier molecular flexibility index (Phi) is 46.7. The first-order valence-corrected chi connectivity index (χ1v) is 29.9. The van der Waals surface area contributed by atoms with Crippen LogP contribution in [0.2, 0.25) is 0 Å². The quantitative estimate of drug-likeness (QED) is 0.0215. The maximum absolute atomic E-state index is 13.2. The molecule has 0 aromatic rings. The van der Waals surface area contributed by atoms with Gasteiger partial charge in [0.15, 0.2) is 6.29 Å². The molecule has 9 unspecified atom stereocenters. The van der Waals surface area contributed by atoms with Gasteiger partial charge in [-0.05, 0) is 64.2 Å². The van der Waals surface area contributed by atoms with Gasteiger partial charge in [-0.2, -0.15) is 0 Å². The molecule has 1 heterocycles. The van der Waals surface area contributed by atoms with Crippen LogP contribution in [0.25, 0.3) is 0 Å². The van der Waals surface area contributed by atoms with Crippen LogP contribution in [0.5, 0.6) is 0 Å². The second-order valence-corrected chi connectivity index (χ2v) is 21.0. The number of ether oxygens (including phenoxy) is 2. The Hall–Kier alpha value is -1.67. The molecule has 0 aliphatic carbocycles. The molecule has 1 saturated heterocycles. The van der Waals surface area contributed by atoms with E-state index in [9.17, 15) is 40.5 Å². The van der Waals surface area contributed by atoms with Gasteiger partial charge in [0.2, 0.25) is 5.91 Å². The van der Waals surface area contributed by atoms with Crippen molar-refractivity contribution in [3.8, 4) is 0 Å². The first kappa shape index (κ1) is 67.3. The van der Waals surface area contributed by atoms with E-state index in [0.717, 1.165) is 44.9 Å². The topological polar surface area (TPSA) is 189 Å². The normalized spacial score (nSPS) is 20.4. The molecule has 1 aliphatic rings. The van der Waals surface area contributed by atoms with E-state index in [0.29, 0.717) is 19.3 Å². The van der Waals surface area contributed by atoms with Gasteiger partial charge in [0, 0.05) is 0 Å². The van der Waals surface area contributed by atoms with Crippen LogP contribution in [-0.2, 0) is 14.3 Å². The van der Waals surface area contributed by atoms with E-state index in [1.807, 2.05) is 0 Å². The molecule has 0 radical (unpaired) electrons. The van der Waals surface area contributed by atoms with Crippen LogP contribution >= 0.6 is 0 Å².